The topological polar surface area (TPSA) is 63.0 Å². The molecular formula is C13H18N4O. The zero-order valence-electron chi connectivity index (χ0n) is 10.7. The summed E-state index contributed by atoms with van der Waals surface area (Å²) < 4.78 is 1.91. The monoisotopic (exact) mass is 246 g/mol. The van der Waals surface area contributed by atoms with Crippen LogP contribution < -0.4 is 5.32 Å². The summed E-state index contributed by atoms with van der Waals surface area (Å²) in [5.41, 5.74) is 1.83. The molecule has 0 bridgehead atoms. The lowest BCUT2D eigenvalue weighted by Gasteiger charge is -2.08. The van der Waals surface area contributed by atoms with Gasteiger partial charge in [-0.2, -0.15) is 0 Å². The van der Waals surface area contributed by atoms with Crippen LogP contribution in [0.25, 0.3) is 0 Å². The number of rotatable bonds is 5. The van der Waals surface area contributed by atoms with Gasteiger partial charge < -0.3 is 15.0 Å². The van der Waals surface area contributed by atoms with Crippen LogP contribution in [0.5, 0.6) is 5.75 Å². The Hall–Kier alpha value is -1.88. The molecule has 5 heteroatoms. The highest BCUT2D eigenvalue weighted by Gasteiger charge is 2.04. The molecule has 0 aliphatic rings. The van der Waals surface area contributed by atoms with Gasteiger partial charge in [0.15, 0.2) is 0 Å². The van der Waals surface area contributed by atoms with Crippen LogP contribution in [0.2, 0.25) is 0 Å². The van der Waals surface area contributed by atoms with Gasteiger partial charge in [0.25, 0.3) is 0 Å². The number of nitrogens with one attached hydrogen (secondary N) is 1. The van der Waals surface area contributed by atoms with Crippen LogP contribution in [0.1, 0.15) is 17.0 Å². The first-order chi connectivity index (χ1) is 8.68. The molecule has 0 fully saturated rings. The summed E-state index contributed by atoms with van der Waals surface area (Å²) in [7, 11) is 1.93. The Labute approximate surface area is 106 Å². The van der Waals surface area contributed by atoms with Gasteiger partial charge in [0.2, 0.25) is 0 Å². The van der Waals surface area contributed by atoms with Gasteiger partial charge in [0, 0.05) is 32.1 Å². The zero-order chi connectivity index (χ0) is 13.0. The Balaban J connectivity index is 1.82. The van der Waals surface area contributed by atoms with Crippen molar-refractivity contribution >= 4 is 0 Å². The Morgan fingerprint density at radius 1 is 1.39 bits per heavy atom. The van der Waals surface area contributed by atoms with E-state index in [0.717, 1.165) is 29.9 Å². The van der Waals surface area contributed by atoms with Crippen molar-refractivity contribution in [1.82, 2.24) is 20.1 Å². The van der Waals surface area contributed by atoms with Crippen LogP contribution in [0.15, 0.2) is 24.5 Å². The Morgan fingerprint density at radius 2 is 2.22 bits per heavy atom. The minimum absolute atomic E-state index is 0.378. The highest BCUT2D eigenvalue weighted by molar-refractivity contribution is 5.39. The lowest BCUT2D eigenvalue weighted by molar-refractivity contribution is 0.460. The van der Waals surface area contributed by atoms with E-state index < -0.39 is 0 Å². The number of hydrogen-bond donors (Lipinski definition) is 2. The van der Waals surface area contributed by atoms with Gasteiger partial charge in [-0.25, -0.2) is 0 Å². The number of aryl methyl sites for hydroxylation is 2. The standard InChI is InChI=1S/C13H18N4O/c1-10-4-3-5-11(13(10)18)8-14-7-6-12-16-15-9-17(12)2/h3-5,9,14,18H,6-8H2,1-2H3. The third-order valence-corrected chi connectivity index (χ3v) is 2.97. The highest BCUT2D eigenvalue weighted by atomic mass is 16.3. The van der Waals surface area contributed by atoms with Crippen LogP contribution in [0.4, 0.5) is 0 Å². The zero-order valence-corrected chi connectivity index (χ0v) is 10.7. The second-order valence-corrected chi connectivity index (χ2v) is 4.37. The molecule has 96 valence electrons. The molecule has 18 heavy (non-hydrogen) atoms. The van der Waals surface area contributed by atoms with E-state index in [0.29, 0.717) is 12.3 Å². The van der Waals surface area contributed by atoms with Crippen molar-refractivity contribution in [1.29, 1.82) is 0 Å². The summed E-state index contributed by atoms with van der Waals surface area (Å²) in [6, 6.07) is 5.78. The molecule has 0 saturated carbocycles. The highest BCUT2D eigenvalue weighted by Crippen LogP contribution is 2.20. The Morgan fingerprint density at radius 3 is 2.94 bits per heavy atom. The van der Waals surface area contributed by atoms with Crippen LogP contribution >= 0.6 is 0 Å². The van der Waals surface area contributed by atoms with E-state index in [2.05, 4.69) is 15.5 Å². The molecule has 0 saturated heterocycles. The summed E-state index contributed by atoms with van der Waals surface area (Å²) in [6.07, 6.45) is 2.52. The number of aromatic nitrogens is 3. The maximum absolute atomic E-state index is 9.86. The second-order valence-electron chi connectivity index (χ2n) is 4.37. The Bertz CT molecular complexity index is 521. The van der Waals surface area contributed by atoms with Gasteiger partial charge in [-0.1, -0.05) is 18.2 Å². The van der Waals surface area contributed by atoms with E-state index in [1.54, 1.807) is 6.33 Å². The van der Waals surface area contributed by atoms with Crippen molar-refractivity contribution in [3.63, 3.8) is 0 Å². The number of para-hydroxylation sites is 1. The summed E-state index contributed by atoms with van der Waals surface area (Å²) in [5, 5.41) is 21.0. The molecule has 1 heterocycles. The number of phenols is 1. The maximum Gasteiger partial charge on any atom is 0.133 e. The molecule has 5 nitrogen and oxygen atoms in total. The fourth-order valence-electron chi connectivity index (χ4n) is 1.82. The first-order valence-electron chi connectivity index (χ1n) is 5.99. The van der Waals surface area contributed by atoms with E-state index in [1.165, 1.54) is 0 Å². The molecule has 0 aliphatic carbocycles. The summed E-state index contributed by atoms with van der Waals surface area (Å²) in [6.45, 7) is 3.36. The molecule has 0 atom stereocenters. The van der Waals surface area contributed by atoms with E-state index in [4.69, 9.17) is 0 Å². The number of benzene rings is 1. The average molecular weight is 246 g/mol. The maximum atomic E-state index is 9.86. The predicted molar refractivity (Wildman–Crippen MR) is 69.3 cm³/mol. The largest absolute Gasteiger partial charge is 0.507 e. The minimum Gasteiger partial charge on any atom is -0.507 e. The van der Waals surface area contributed by atoms with Crippen LogP contribution in [0, 0.1) is 6.92 Å². The van der Waals surface area contributed by atoms with Crippen molar-refractivity contribution in [2.24, 2.45) is 7.05 Å². The number of aromatic hydroxyl groups is 1. The lowest BCUT2D eigenvalue weighted by Crippen LogP contribution is -2.18. The summed E-state index contributed by atoms with van der Waals surface area (Å²) >= 11 is 0. The molecule has 2 aromatic rings. The average Bonchev–Trinajstić information content (AvgIpc) is 2.76. The summed E-state index contributed by atoms with van der Waals surface area (Å²) in [5.74, 6) is 1.33. The number of phenolic OH excluding ortho intramolecular Hbond substituents is 1. The van der Waals surface area contributed by atoms with Crippen molar-refractivity contribution < 1.29 is 5.11 Å². The summed E-state index contributed by atoms with van der Waals surface area (Å²) in [4.78, 5) is 0. The molecule has 2 rings (SSSR count). The van der Waals surface area contributed by atoms with Gasteiger partial charge in [-0.05, 0) is 12.5 Å². The van der Waals surface area contributed by atoms with E-state index in [-0.39, 0.29) is 0 Å². The van der Waals surface area contributed by atoms with Gasteiger partial charge in [0.05, 0.1) is 0 Å². The Kier molecular flexibility index (Phi) is 3.94. The molecule has 0 amide bonds. The number of nitrogens with zero attached hydrogens (tertiary/aromatic N) is 3. The SMILES string of the molecule is Cc1cccc(CNCCc2nncn2C)c1O. The van der Waals surface area contributed by atoms with E-state index in [9.17, 15) is 5.11 Å². The van der Waals surface area contributed by atoms with Gasteiger partial charge >= 0.3 is 0 Å². The van der Waals surface area contributed by atoms with Gasteiger partial charge in [0.1, 0.15) is 17.9 Å². The quantitative estimate of drug-likeness (QED) is 0.777. The third-order valence-electron chi connectivity index (χ3n) is 2.97. The molecule has 0 aliphatic heterocycles. The predicted octanol–water partition coefficient (Wildman–Crippen LogP) is 1.16. The van der Waals surface area contributed by atoms with E-state index in [1.807, 2.05) is 36.7 Å². The molecule has 0 radical (unpaired) electrons. The van der Waals surface area contributed by atoms with Crippen molar-refractivity contribution in [3.05, 3.63) is 41.5 Å². The molecule has 1 aromatic carbocycles. The lowest BCUT2D eigenvalue weighted by atomic mass is 10.1. The van der Waals surface area contributed by atoms with Crippen molar-refractivity contribution in [2.75, 3.05) is 6.54 Å². The molecular weight excluding hydrogens is 228 g/mol. The number of hydrogen-bond acceptors (Lipinski definition) is 4. The first kappa shape index (κ1) is 12.6. The van der Waals surface area contributed by atoms with E-state index >= 15 is 0 Å². The van der Waals surface area contributed by atoms with Crippen molar-refractivity contribution in [2.45, 2.75) is 19.9 Å². The molecule has 1 aromatic heterocycles. The van der Waals surface area contributed by atoms with Crippen LogP contribution in [0.3, 0.4) is 0 Å². The van der Waals surface area contributed by atoms with Crippen LogP contribution in [-0.4, -0.2) is 26.4 Å². The molecule has 0 spiro atoms. The van der Waals surface area contributed by atoms with Crippen LogP contribution in [-0.2, 0) is 20.0 Å². The third kappa shape index (κ3) is 2.87. The van der Waals surface area contributed by atoms with Gasteiger partial charge in [-0.3, -0.25) is 0 Å². The molecule has 0 unspecified atom stereocenters. The first-order valence-corrected chi connectivity index (χ1v) is 5.99. The van der Waals surface area contributed by atoms with Crippen molar-refractivity contribution in [3.8, 4) is 5.75 Å². The minimum atomic E-state index is 0.378. The smallest absolute Gasteiger partial charge is 0.133 e. The fraction of sp³-hybridized carbons (Fsp3) is 0.385. The fourth-order valence-corrected chi connectivity index (χ4v) is 1.82. The second kappa shape index (κ2) is 5.64. The van der Waals surface area contributed by atoms with Gasteiger partial charge in [-0.15, -0.1) is 10.2 Å². The molecule has 2 N–H and O–H groups in total. The normalized spacial score (nSPS) is 10.8.